The van der Waals surface area contributed by atoms with Crippen LogP contribution in [0.3, 0.4) is 0 Å². The maximum atomic E-state index is 12.5. The van der Waals surface area contributed by atoms with Crippen molar-refractivity contribution in [2.75, 3.05) is 13.1 Å². The van der Waals surface area contributed by atoms with Crippen molar-refractivity contribution >= 4 is 11.8 Å². The molecule has 1 atom stereocenters. The van der Waals surface area contributed by atoms with Crippen LogP contribution in [0.4, 0.5) is 0 Å². The molecule has 0 bridgehead atoms. The number of hydrogen-bond donors (Lipinski definition) is 1. The fraction of sp³-hybridized carbons (Fsp3) is 0.444. The molecule has 3 rings (SSSR count). The molecule has 1 saturated heterocycles. The van der Waals surface area contributed by atoms with Crippen molar-refractivity contribution in [2.45, 2.75) is 38.6 Å². The van der Waals surface area contributed by atoms with Crippen LogP contribution < -0.4 is 5.32 Å². The van der Waals surface area contributed by atoms with Gasteiger partial charge in [0, 0.05) is 19.0 Å². The third-order valence-electron chi connectivity index (χ3n) is 4.32. The predicted octanol–water partition coefficient (Wildman–Crippen LogP) is 2.32. The molecule has 2 heterocycles. The van der Waals surface area contributed by atoms with E-state index in [0.29, 0.717) is 18.3 Å². The first-order chi connectivity index (χ1) is 12.1. The lowest BCUT2D eigenvalue weighted by Crippen LogP contribution is -2.41. The molecule has 0 radical (unpaired) electrons. The van der Waals surface area contributed by atoms with E-state index in [-0.39, 0.29) is 24.4 Å². The zero-order valence-electron chi connectivity index (χ0n) is 14.3. The Morgan fingerprint density at radius 3 is 2.80 bits per heavy atom. The number of aromatic nitrogens is 2. The van der Waals surface area contributed by atoms with Crippen LogP contribution in [-0.2, 0) is 9.59 Å². The first-order valence-corrected chi connectivity index (χ1v) is 8.58. The molecular weight excluding hydrogens is 320 g/mol. The smallest absolute Gasteiger partial charge is 0.257 e. The van der Waals surface area contributed by atoms with E-state index in [1.807, 2.05) is 30.3 Å². The lowest BCUT2D eigenvalue weighted by atomic mass is 10.1. The Hall–Kier alpha value is -2.70. The number of likely N-dealkylation sites (tertiary alicyclic amines) is 1. The zero-order valence-corrected chi connectivity index (χ0v) is 14.3. The molecule has 1 aromatic heterocycles. The van der Waals surface area contributed by atoms with Gasteiger partial charge in [-0.2, -0.15) is 4.98 Å². The van der Waals surface area contributed by atoms with E-state index in [1.54, 1.807) is 4.90 Å². The molecule has 0 unspecified atom stereocenters. The van der Waals surface area contributed by atoms with Crippen molar-refractivity contribution in [3.63, 3.8) is 0 Å². The fourth-order valence-electron chi connectivity index (χ4n) is 3.05. The summed E-state index contributed by atoms with van der Waals surface area (Å²) in [6.07, 6.45) is 3.79. The van der Waals surface area contributed by atoms with Gasteiger partial charge >= 0.3 is 0 Å². The molecule has 1 aliphatic heterocycles. The van der Waals surface area contributed by atoms with Crippen molar-refractivity contribution in [3.8, 4) is 11.5 Å². The average Bonchev–Trinajstić information content (AvgIpc) is 2.98. The Labute approximate surface area is 146 Å². The summed E-state index contributed by atoms with van der Waals surface area (Å²) in [4.78, 5) is 29.9. The number of rotatable bonds is 4. The number of benzene rings is 1. The number of amides is 2. The third-order valence-corrected chi connectivity index (χ3v) is 4.32. The van der Waals surface area contributed by atoms with Gasteiger partial charge in [0.25, 0.3) is 5.89 Å². The summed E-state index contributed by atoms with van der Waals surface area (Å²) < 4.78 is 5.40. The Morgan fingerprint density at radius 2 is 2.04 bits per heavy atom. The summed E-state index contributed by atoms with van der Waals surface area (Å²) >= 11 is 0. The molecule has 0 saturated carbocycles. The van der Waals surface area contributed by atoms with Crippen LogP contribution >= 0.6 is 0 Å². The number of carbonyl (C=O) groups excluding carboxylic acids is 2. The van der Waals surface area contributed by atoms with E-state index in [1.165, 1.54) is 6.92 Å². The van der Waals surface area contributed by atoms with Gasteiger partial charge in [-0.25, -0.2) is 0 Å². The normalized spacial score (nSPS) is 17.8. The molecular formula is C18H22N4O3. The summed E-state index contributed by atoms with van der Waals surface area (Å²) in [5.41, 5.74) is 0.853. The van der Waals surface area contributed by atoms with Crippen molar-refractivity contribution in [1.82, 2.24) is 20.4 Å². The molecule has 1 aromatic carbocycles. The highest BCUT2D eigenvalue weighted by Crippen LogP contribution is 2.30. The molecule has 1 N–H and O–H groups in total. The molecule has 2 aromatic rings. The number of hydrogen-bond acceptors (Lipinski definition) is 5. The highest BCUT2D eigenvalue weighted by Gasteiger charge is 2.30. The van der Waals surface area contributed by atoms with Gasteiger partial charge in [-0.15, -0.1) is 0 Å². The van der Waals surface area contributed by atoms with Crippen molar-refractivity contribution in [2.24, 2.45) is 0 Å². The Morgan fingerprint density at radius 1 is 1.24 bits per heavy atom. The molecule has 1 fully saturated rings. The van der Waals surface area contributed by atoms with Gasteiger partial charge in [0.15, 0.2) is 5.82 Å². The largest absolute Gasteiger partial charge is 0.347 e. The first kappa shape index (κ1) is 17.1. The standard InChI is InChI=1S/C18H22N4O3/c1-13(23)19-12-16(24)22-11-7-3-6-10-15(22)17-20-18(25-21-17)14-8-4-2-5-9-14/h2,4-5,8-9,15H,3,6-7,10-12H2,1H3,(H,19,23)/t15-/m0/s1. The van der Waals surface area contributed by atoms with Gasteiger partial charge in [0.05, 0.1) is 12.6 Å². The molecule has 0 spiro atoms. The Kier molecular flexibility index (Phi) is 5.42. The molecule has 7 heteroatoms. The molecule has 132 valence electrons. The number of carbonyl (C=O) groups is 2. The second-order valence-corrected chi connectivity index (χ2v) is 6.19. The van der Waals surface area contributed by atoms with E-state index >= 15 is 0 Å². The topological polar surface area (TPSA) is 88.3 Å². The summed E-state index contributed by atoms with van der Waals surface area (Å²) in [6.45, 7) is 2.03. The minimum Gasteiger partial charge on any atom is -0.347 e. The summed E-state index contributed by atoms with van der Waals surface area (Å²) in [6, 6.07) is 9.34. The maximum absolute atomic E-state index is 12.5. The number of nitrogens with zero attached hydrogens (tertiary/aromatic N) is 3. The third kappa shape index (κ3) is 4.23. The second-order valence-electron chi connectivity index (χ2n) is 6.19. The van der Waals surface area contributed by atoms with E-state index in [0.717, 1.165) is 31.2 Å². The second kappa shape index (κ2) is 7.92. The quantitative estimate of drug-likeness (QED) is 0.921. The molecule has 25 heavy (non-hydrogen) atoms. The summed E-state index contributed by atoms with van der Waals surface area (Å²) in [5, 5.41) is 6.69. The van der Waals surface area contributed by atoms with Crippen LogP contribution in [0.2, 0.25) is 0 Å². The monoisotopic (exact) mass is 342 g/mol. The van der Waals surface area contributed by atoms with E-state index in [9.17, 15) is 9.59 Å². The first-order valence-electron chi connectivity index (χ1n) is 8.58. The van der Waals surface area contributed by atoms with Gasteiger partial charge in [0.2, 0.25) is 11.8 Å². The molecule has 7 nitrogen and oxygen atoms in total. The predicted molar refractivity (Wildman–Crippen MR) is 91.3 cm³/mol. The van der Waals surface area contributed by atoms with E-state index in [2.05, 4.69) is 15.5 Å². The molecule has 2 amide bonds. The van der Waals surface area contributed by atoms with Crippen LogP contribution in [0.25, 0.3) is 11.5 Å². The minimum atomic E-state index is -0.218. The maximum Gasteiger partial charge on any atom is 0.257 e. The van der Waals surface area contributed by atoms with Crippen molar-refractivity contribution < 1.29 is 14.1 Å². The fourth-order valence-corrected chi connectivity index (χ4v) is 3.05. The van der Waals surface area contributed by atoms with E-state index in [4.69, 9.17) is 4.52 Å². The lowest BCUT2D eigenvalue weighted by molar-refractivity contribution is -0.134. The summed E-state index contributed by atoms with van der Waals surface area (Å²) in [5.74, 6) is 0.643. The van der Waals surface area contributed by atoms with Crippen molar-refractivity contribution in [3.05, 3.63) is 36.2 Å². The molecule has 0 aliphatic carbocycles. The highest BCUT2D eigenvalue weighted by atomic mass is 16.5. The van der Waals surface area contributed by atoms with E-state index < -0.39 is 0 Å². The van der Waals surface area contributed by atoms with Gasteiger partial charge < -0.3 is 14.7 Å². The van der Waals surface area contributed by atoms with Crippen molar-refractivity contribution in [1.29, 1.82) is 0 Å². The van der Waals surface area contributed by atoms with Crippen LogP contribution in [0, 0.1) is 0 Å². The van der Waals surface area contributed by atoms with Crippen LogP contribution in [0.5, 0.6) is 0 Å². The lowest BCUT2D eigenvalue weighted by Gasteiger charge is -2.27. The SMILES string of the molecule is CC(=O)NCC(=O)N1CCCCC[C@H]1c1noc(-c2ccccc2)n1. The average molecular weight is 342 g/mol. The Balaban J connectivity index is 1.80. The zero-order chi connectivity index (χ0) is 17.6. The van der Waals surface area contributed by atoms with Gasteiger partial charge in [0.1, 0.15) is 0 Å². The van der Waals surface area contributed by atoms with Crippen LogP contribution in [0.1, 0.15) is 44.5 Å². The van der Waals surface area contributed by atoms with Crippen LogP contribution in [-0.4, -0.2) is 39.9 Å². The number of nitrogens with one attached hydrogen (secondary N) is 1. The summed E-state index contributed by atoms with van der Waals surface area (Å²) in [7, 11) is 0. The van der Waals surface area contributed by atoms with Crippen LogP contribution in [0.15, 0.2) is 34.9 Å². The Bertz CT molecular complexity index is 729. The molecule has 1 aliphatic rings. The van der Waals surface area contributed by atoms with Gasteiger partial charge in [-0.3, -0.25) is 9.59 Å². The van der Waals surface area contributed by atoms with Gasteiger partial charge in [-0.05, 0) is 25.0 Å². The highest BCUT2D eigenvalue weighted by molar-refractivity contribution is 5.84. The minimum absolute atomic E-state index is 0.00473. The van der Waals surface area contributed by atoms with Gasteiger partial charge in [-0.1, -0.05) is 36.2 Å².